The zero-order valence-electron chi connectivity index (χ0n) is 14.5. The molecule has 28 heavy (non-hydrogen) atoms. The van der Waals surface area contributed by atoms with Crippen molar-refractivity contribution in [3.63, 3.8) is 0 Å². The van der Waals surface area contributed by atoms with Crippen LogP contribution < -0.4 is 10.2 Å². The van der Waals surface area contributed by atoms with Crippen LogP contribution >= 0.6 is 0 Å². The Kier molecular flexibility index (Phi) is 3.45. The number of pyridine rings is 1. The van der Waals surface area contributed by atoms with Gasteiger partial charge >= 0.3 is 0 Å². The minimum Gasteiger partial charge on any atom is -0.350 e. The summed E-state index contributed by atoms with van der Waals surface area (Å²) in [5, 5.41) is 3.02. The molecule has 0 radical (unpaired) electrons. The highest BCUT2D eigenvalue weighted by atomic mass is 16.2. The smallest absolute Gasteiger partial charge is 0.281 e. The predicted molar refractivity (Wildman–Crippen MR) is 103 cm³/mol. The standard InChI is InChI=1S/C22H13N3O3/c26-20-13-7-1-3-9-15(13)24-18(20)19-21(27)14-8-2-4-11-17(14)25(19)22(28)16-10-5-6-12-23-16/h1-12,24H/b19-18+. The number of benzene rings is 2. The number of ketones is 2. The number of nitrogens with one attached hydrogen (secondary N) is 1. The van der Waals surface area contributed by atoms with Gasteiger partial charge in [0.05, 0.1) is 5.69 Å². The summed E-state index contributed by atoms with van der Waals surface area (Å²) in [6.07, 6.45) is 1.51. The van der Waals surface area contributed by atoms with Gasteiger partial charge in [0.15, 0.2) is 0 Å². The first-order valence-electron chi connectivity index (χ1n) is 8.71. The topological polar surface area (TPSA) is 79.4 Å². The van der Waals surface area contributed by atoms with Gasteiger partial charge in [0, 0.05) is 23.0 Å². The maximum atomic E-state index is 13.2. The fraction of sp³-hybridized carbons (Fsp3) is 0. The van der Waals surface area contributed by atoms with Gasteiger partial charge in [-0.05, 0) is 36.4 Å². The molecule has 5 rings (SSSR count). The first kappa shape index (κ1) is 16.1. The van der Waals surface area contributed by atoms with Gasteiger partial charge in [0.2, 0.25) is 11.6 Å². The molecule has 6 nitrogen and oxygen atoms in total. The molecule has 0 fully saturated rings. The summed E-state index contributed by atoms with van der Waals surface area (Å²) < 4.78 is 0. The number of fused-ring (bicyclic) bond motifs is 2. The van der Waals surface area contributed by atoms with Crippen LogP contribution in [-0.4, -0.2) is 22.5 Å². The van der Waals surface area contributed by atoms with Gasteiger partial charge in [-0.1, -0.05) is 30.3 Å². The number of carbonyl (C=O) groups excluding carboxylic acids is 3. The number of aromatic nitrogens is 1. The molecule has 0 bridgehead atoms. The molecule has 3 aromatic rings. The summed E-state index contributed by atoms with van der Waals surface area (Å²) in [6.45, 7) is 0. The Morgan fingerprint density at radius 3 is 2.29 bits per heavy atom. The Balaban J connectivity index is 1.72. The van der Waals surface area contributed by atoms with Crippen molar-refractivity contribution in [2.75, 3.05) is 10.2 Å². The van der Waals surface area contributed by atoms with E-state index in [1.54, 1.807) is 66.7 Å². The zero-order valence-corrected chi connectivity index (χ0v) is 14.5. The molecule has 0 saturated carbocycles. The van der Waals surface area contributed by atoms with Crippen LogP contribution in [0.5, 0.6) is 0 Å². The van der Waals surface area contributed by atoms with E-state index in [0.29, 0.717) is 22.5 Å². The number of Topliss-reactive ketones (excluding diaryl/α,β-unsaturated/α-hetero) is 2. The molecule has 134 valence electrons. The van der Waals surface area contributed by atoms with Crippen LogP contribution in [0.25, 0.3) is 0 Å². The maximum absolute atomic E-state index is 13.2. The molecular formula is C22H13N3O3. The van der Waals surface area contributed by atoms with Crippen LogP contribution in [0.3, 0.4) is 0 Å². The summed E-state index contributed by atoms with van der Waals surface area (Å²) in [6, 6.07) is 18.8. The molecule has 2 aliphatic heterocycles. The van der Waals surface area contributed by atoms with Gasteiger partial charge in [-0.15, -0.1) is 0 Å². The average molecular weight is 367 g/mol. The van der Waals surface area contributed by atoms with Crippen molar-refractivity contribution >= 4 is 28.8 Å². The minimum absolute atomic E-state index is 0.0260. The molecule has 0 atom stereocenters. The summed E-state index contributed by atoms with van der Waals surface area (Å²) in [7, 11) is 0. The second kappa shape index (κ2) is 5.99. The number of anilines is 2. The van der Waals surface area contributed by atoms with Crippen LogP contribution in [0, 0.1) is 0 Å². The van der Waals surface area contributed by atoms with Crippen LogP contribution in [0.15, 0.2) is 84.3 Å². The van der Waals surface area contributed by atoms with E-state index in [0.717, 1.165) is 0 Å². The lowest BCUT2D eigenvalue weighted by atomic mass is 10.1. The van der Waals surface area contributed by atoms with Crippen molar-refractivity contribution in [1.82, 2.24) is 4.98 Å². The fourth-order valence-electron chi connectivity index (χ4n) is 3.53. The summed E-state index contributed by atoms with van der Waals surface area (Å²) in [5.74, 6) is -1.15. The van der Waals surface area contributed by atoms with E-state index in [4.69, 9.17) is 0 Å². The minimum atomic E-state index is -0.466. The fourth-order valence-corrected chi connectivity index (χ4v) is 3.53. The van der Waals surface area contributed by atoms with E-state index in [1.165, 1.54) is 11.1 Å². The number of hydrogen-bond acceptors (Lipinski definition) is 5. The van der Waals surface area contributed by atoms with Crippen LogP contribution in [0.1, 0.15) is 31.2 Å². The van der Waals surface area contributed by atoms with E-state index in [9.17, 15) is 14.4 Å². The third kappa shape index (κ3) is 2.21. The molecule has 1 aromatic heterocycles. The number of allylic oxidation sites excluding steroid dienone is 2. The van der Waals surface area contributed by atoms with Crippen LogP contribution in [0.4, 0.5) is 11.4 Å². The Bertz CT molecular complexity index is 1200. The highest BCUT2D eigenvalue weighted by Gasteiger charge is 2.42. The number of carbonyl (C=O) groups is 3. The molecule has 6 heteroatoms. The number of rotatable bonds is 1. The number of hydrogen-bond donors (Lipinski definition) is 1. The molecule has 0 saturated heterocycles. The van der Waals surface area contributed by atoms with E-state index in [1.807, 2.05) is 0 Å². The molecule has 0 unspecified atom stereocenters. The number of amides is 1. The highest BCUT2D eigenvalue weighted by Crippen LogP contribution is 2.40. The SMILES string of the molecule is O=C1/C(=C2/C(=O)c3ccccc3N2C(=O)c2ccccn2)Nc2ccccc21. The van der Waals surface area contributed by atoms with Crippen molar-refractivity contribution < 1.29 is 14.4 Å². The number of para-hydroxylation sites is 2. The highest BCUT2D eigenvalue weighted by molar-refractivity contribution is 6.32. The Morgan fingerprint density at radius 2 is 1.54 bits per heavy atom. The molecule has 0 aliphatic carbocycles. The second-order valence-electron chi connectivity index (χ2n) is 6.43. The lowest BCUT2D eigenvalue weighted by Crippen LogP contribution is -2.32. The maximum Gasteiger partial charge on any atom is 0.281 e. The molecular weight excluding hydrogens is 354 g/mol. The van der Waals surface area contributed by atoms with E-state index >= 15 is 0 Å². The monoisotopic (exact) mass is 367 g/mol. The Labute approximate surface area is 160 Å². The molecule has 1 amide bonds. The molecule has 2 aromatic carbocycles. The van der Waals surface area contributed by atoms with Gasteiger partial charge < -0.3 is 5.32 Å². The van der Waals surface area contributed by atoms with Gasteiger partial charge in [0.25, 0.3) is 5.91 Å². The third-order valence-corrected chi connectivity index (χ3v) is 4.81. The van der Waals surface area contributed by atoms with Gasteiger partial charge in [-0.2, -0.15) is 0 Å². The number of nitrogens with zero attached hydrogens (tertiary/aromatic N) is 2. The van der Waals surface area contributed by atoms with E-state index in [-0.39, 0.29) is 28.7 Å². The first-order valence-corrected chi connectivity index (χ1v) is 8.71. The third-order valence-electron chi connectivity index (χ3n) is 4.81. The van der Waals surface area contributed by atoms with Crippen molar-refractivity contribution in [3.05, 3.63) is 101 Å². The summed E-state index contributed by atoms with van der Waals surface area (Å²) in [5.41, 5.74) is 2.22. The van der Waals surface area contributed by atoms with Crippen molar-refractivity contribution in [2.24, 2.45) is 0 Å². The van der Waals surface area contributed by atoms with Crippen LogP contribution in [0.2, 0.25) is 0 Å². The van der Waals surface area contributed by atoms with Gasteiger partial charge in [-0.3, -0.25) is 24.3 Å². The summed E-state index contributed by atoms with van der Waals surface area (Å²) >= 11 is 0. The molecule has 1 N–H and O–H groups in total. The van der Waals surface area contributed by atoms with E-state index < -0.39 is 5.91 Å². The van der Waals surface area contributed by atoms with Crippen molar-refractivity contribution in [1.29, 1.82) is 0 Å². The lowest BCUT2D eigenvalue weighted by molar-refractivity contribution is 0.0965. The van der Waals surface area contributed by atoms with Crippen molar-refractivity contribution in [3.8, 4) is 0 Å². The first-order chi connectivity index (χ1) is 13.7. The Morgan fingerprint density at radius 1 is 0.821 bits per heavy atom. The summed E-state index contributed by atoms with van der Waals surface area (Å²) in [4.78, 5) is 44.8. The van der Waals surface area contributed by atoms with Crippen molar-refractivity contribution in [2.45, 2.75) is 0 Å². The van der Waals surface area contributed by atoms with Gasteiger partial charge in [-0.25, -0.2) is 0 Å². The zero-order chi connectivity index (χ0) is 19.3. The molecule has 3 heterocycles. The quantitative estimate of drug-likeness (QED) is 0.667. The second-order valence-corrected chi connectivity index (χ2v) is 6.43. The normalized spacial score (nSPS) is 17.4. The predicted octanol–water partition coefficient (Wildman–Crippen LogP) is 3.44. The molecule has 2 aliphatic rings. The van der Waals surface area contributed by atoms with Gasteiger partial charge in [0.1, 0.15) is 17.1 Å². The molecule has 0 spiro atoms. The lowest BCUT2D eigenvalue weighted by Gasteiger charge is -2.19. The average Bonchev–Trinajstić information content (AvgIpc) is 3.23. The largest absolute Gasteiger partial charge is 0.350 e. The Hall–Kier alpha value is -4.06. The van der Waals surface area contributed by atoms with Crippen LogP contribution in [-0.2, 0) is 0 Å². The van der Waals surface area contributed by atoms with E-state index in [2.05, 4.69) is 10.3 Å².